The van der Waals surface area contributed by atoms with E-state index in [4.69, 9.17) is 4.74 Å². The SMILES string of the molecule is CCOC(=O)/C=C1\CSc2ccccc2N1C(C)=O. The average Bonchev–Trinajstić information content (AvgIpc) is 2.38. The monoisotopic (exact) mass is 277 g/mol. The summed E-state index contributed by atoms with van der Waals surface area (Å²) in [7, 11) is 0. The molecular weight excluding hydrogens is 262 g/mol. The second-order valence-electron chi connectivity index (χ2n) is 4.00. The van der Waals surface area contributed by atoms with Gasteiger partial charge in [0, 0.05) is 29.3 Å². The zero-order valence-corrected chi connectivity index (χ0v) is 11.7. The van der Waals surface area contributed by atoms with Crippen molar-refractivity contribution in [3.63, 3.8) is 0 Å². The van der Waals surface area contributed by atoms with Crippen LogP contribution in [-0.4, -0.2) is 24.2 Å². The first-order chi connectivity index (χ1) is 9.13. The lowest BCUT2D eigenvalue weighted by atomic mass is 10.2. The third-order valence-corrected chi connectivity index (χ3v) is 3.75. The summed E-state index contributed by atoms with van der Waals surface area (Å²) in [5, 5.41) is 0. The van der Waals surface area contributed by atoms with Gasteiger partial charge >= 0.3 is 5.97 Å². The fourth-order valence-electron chi connectivity index (χ4n) is 1.93. The van der Waals surface area contributed by atoms with Crippen LogP contribution in [-0.2, 0) is 14.3 Å². The molecule has 0 bridgehead atoms. The fraction of sp³-hybridized carbons (Fsp3) is 0.286. The quantitative estimate of drug-likeness (QED) is 0.616. The predicted octanol–water partition coefficient (Wildman–Crippen LogP) is 2.59. The number of hydrogen-bond acceptors (Lipinski definition) is 4. The van der Waals surface area contributed by atoms with Gasteiger partial charge in [0.05, 0.1) is 12.3 Å². The minimum atomic E-state index is -0.413. The highest BCUT2D eigenvalue weighted by atomic mass is 32.2. The van der Waals surface area contributed by atoms with E-state index in [0.29, 0.717) is 18.1 Å². The number of thioether (sulfide) groups is 1. The summed E-state index contributed by atoms with van der Waals surface area (Å²) in [6.45, 7) is 3.57. The van der Waals surface area contributed by atoms with E-state index in [1.165, 1.54) is 13.0 Å². The predicted molar refractivity (Wildman–Crippen MR) is 75.0 cm³/mol. The zero-order chi connectivity index (χ0) is 13.8. The second kappa shape index (κ2) is 5.93. The molecule has 0 saturated carbocycles. The number of esters is 1. The molecule has 0 N–H and O–H groups in total. The zero-order valence-electron chi connectivity index (χ0n) is 10.9. The van der Waals surface area contributed by atoms with Crippen LogP contribution in [0, 0.1) is 0 Å². The maximum Gasteiger partial charge on any atom is 0.332 e. The van der Waals surface area contributed by atoms with Crippen molar-refractivity contribution >= 4 is 29.3 Å². The van der Waals surface area contributed by atoms with Crippen LogP contribution in [0.5, 0.6) is 0 Å². The van der Waals surface area contributed by atoms with Crippen molar-refractivity contribution < 1.29 is 14.3 Å². The van der Waals surface area contributed by atoms with Crippen LogP contribution in [0.25, 0.3) is 0 Å². The lowest BCUT2D eigenvalue weighted by molar-refractivity contribution is -0.137. The number of para-hydroxylation sites is 1. The number of benzene rings is 1. The van der Waals surface area contributed by atoms with Crippen molar-refractivity contribution in [2.75, 3.05) is 17.3 Å². The normalized spacial score (nSPS) is 16.1. The molecule has 0 aliphatic carbocycles. The van der Waals surface area contributed by atoms with Crippen molar-refractivity contribution in [2.24, 2.45) is 0 Å². The molecule has 4 nitrogen and oxygen atoms in total. The average molecular weight is 277 g/mol. The molecule has 19 heavy (non-hydrogen) atoms. The first-order valence-electron chi connectivity index (χ1n) is 6.03. The van der Waals surface area contributed by atoms with Gasteiger partial charge < -0.3 is 4.74 Å². The molecule has 0 saturated heterocycles. The van der Waals surface area contributed by atoms with Crippen molar-refractivity contribution in [3.8, 4) is 0 Å². The molecule has 0 fully saturated rings. The van der Waals surface area contributed by atoms with Gasteiger partial charge in [-0.15, -0.1) is 11.8 Å². The van der Waals surface area contributed by atoms with Gasteiger partial charge in [-0.3, -0.25) is 9.69 Å². The molecule has 0 spiro atoms. The first-order valence-corrected chi connectivity index (χ1v) is 7.02. The Hall–Kier alpha value is -1.75. The number of rotatable bonds is 2. The summed E-state index contributed by atoms with van der Waals surface area (Å²) in [6.07, 6.45) is 1.40. The lowest BCUT2D eigenvalue weighted by Gasteiger charge is -2.30. The van der Waals surface area contributed by atoms with Gasteiger partial charge in [-0.2, -0.15) is 0 Å². The van der Waals surface area contributed by atoms with Crippen LogP contribution in [0.1, 0.15) is 13.8 Å². The third kappa shape index (κ3) is 2.98. The van der Waals surface area contributed by atoms with Crippen LogP contribution in [0.4, 0.5) is 5.69 Å². The van der Waals surface area contributed by atoms with Gasteiger partial charge in [-0.05, 0) is 19.1 Å². The number of amides is 1. The van der Waals surface area contributed by atoms with Gasteiger partial charge in [-0.1, -0.05) is 12.1 Å². The van der Waals surface area contributed by atoms with E-state index >= 15 is 0 Å². The van der Waals surface area contributed by atoms with E-state index < -0.39 is 5.97 Å². The summed E-state index contributed by atoms with van der Waals surface area (Å²) >= 11 is 1.61. The number of carbonyl (C=O) groups is 2. The van der Waals surface area contributed by atoms with E-state index in [-0.39, 0.29) is 5.91 Å². The van der Waals surface area contributed by atoms with Gasteiger partial charge in [0.15, 0.2) is 0 Å². The smallest absolute Gasteiger partial charge is 0.332 e. The molecule has 1 heterocycles. The minimum Gasteiger partial charge on any atom is -0.463 e. The highest BCUT2D eigenvalue weighted by molar-refractivity contribution is 7.99. The van der Waals surface area contributed by atoms with Gasteiger partial charge in [0.25, 0.3) is 0 Å². The minimum absolute atomic E-state index is 0.108. The molecular formula is C14H15NO3S. The molecule has 100 valence electrons. The molecule has 1 aliphatic heterocycles. The first kappa shape index (κ1) is 13.7. The molecule has 1 aromatic rings. The van der Waals surface area contributed by atoms with Crippen LogP contribution < -0.4 is 4.90 Å². The molecule has 0 aromatic heterocycles. The Morgan fingerprint density at radius 3 is 2.84 bits per heavy atom. The van der Waals surface area contributed by atoms with Crippen molar-refractivity contribution in [1.82, 2.24) is 0 Å². The van der Waals surface area contributed by atoms with Crippen molar-refractivity contribution in [1.29, 1.82) is 0 Å². The molecule has 1 aromatic carbocycles. The molecule has 2 rings (SSSR count). The summed E-state index contributed by atoms with van der Waals surface area (Å²) in [4.78, 5) is 26.0. The van der Waals surface area contributed by atoms with Crippen molar-refractivity contribution in [3.05, 3.63) is 36.0 Å². The summed E-state index contributed by atoms with van der Waals surface area (Å²) < 4.78 is 4.90. The topological polar surface area (TPSA) is 46.6 Å². The number of nitrogens with zero attached hydrogens (tertiary/aromatic N) is 1. The van der Waals surface area contributed by atoms with E-state index in [2.05, 4.69) is 0 Å². The summed E-state index contributed by atoms with van der Waals surface area (Å²) in [5.74, 6) is 0.0575. The third-order valence-electron chi connectivity index (χ3n) is 2.65. The van der Waals surface area contributed by atoms with Crippen LogP contribution >= 0.6 is 11.8 Å². The fourth-order valence-corrected chi connectivity index (χ4v) is 2.93. The summed E-state index contributed by atoms with van der Waals surface area (Å²) in [5.41, 5.74) is 1.48. The second-order valence-corrected chi connectivity index (χ2v) is 5.02. The Balaban J connectivity index is 2.37. The van der Waals surface area contributed by atoms with E-state index in [1.807, 2.05) is 24.3 Å². The molecule has 0 atom stereocenters. The standard InChI is InChI=1S/C14H15NO3S/c1-3-18-14(17)8-11-9-19-13-7-5-4-6-12(13)15(11)10(2)16/h4-8H,3,9H2,1-2H3/b11-8+. The van der Waals surface area contributed by atoms with Crippen LogP contribution in [0.15, 0.2) is 40.9 Å². The largest absolute Gasteiger partial charge is 0.463 e. The Morgan fingerprint density at radius 2 is 2.16 bits per heavy atom. The van der Waals surface area contributed by atoms with Crippen LogP contribution in [0.3, 0.4) is 0 Å². The maximum absolute atomic E-state index is 11.8. The van der Waals surface area contributed by atoms with Gasteiger partial charge in [-0.25, -0.2) is 4.79 Å². The van der Waals surface area contributed by atoms with E-state index in [0.717, 1.165) is 10.6 Å². The van der Waals surface area contributed by atoms with E-state index in [1.54, 1.807) is 23.6 Å². The summed E-state index contributed by atoms with van der Waals surface area (Å²) in [6, 6.07) is 7.66. The highest BCUT2D eigenvalue weighted by Gasteiger charge is 2.25. The molecule has 0 unspecified atom stereocenters. The lowest BCUT2D eigenvalue weighted by Crippen LogP contribution is -2.32. The van der Waals surface area contributed by atoms with Crippen LogP contribution in [0.2, 0.25) is 0 Å². The van der Waals surface area contributed by atoms with Crippen molar-refractivity contribution in [2.45, 2.75) is 18.7 Å². The van der Waals surface area contributed by atoms with E-state index in [9.17, 15) is 9.59 Å². The number of anilines is 1. The Kier molecular flexibility index (Phi) is 4.27. The highest BCUT2D eigenvalue weighted by Crippen LogP contribution is 2.38. The Morgan fingerprint density at radius 1 is 1.42 bits per heavy atom. The Bertz CT molecular complexity index is 539. The number of carbonyl (C=O) groups excluding carboxylic acids is 2. The number of ether oxygens (including phenoxy) is 1. The number of fused-ring (bicyclic) bond motifs is 1. The molecule has 1 amide bonds. The number of hydrogen-bond donors (Lipinski definition) is 0. The van der Waals surface area contributed by atoms with Gasteiger partial charge in [0.1, 0.15) is 0 Å². The molecule has 5 heteroatoms. The Labute approximate surface area is 116 Å². The molecule has 0 radical (unpaired) electrons. The maximum atomic E-state index is 11.8. The molecule has 1 aliphatic rings. The van der Waals surface area contributed by atoms with Gasteiger partial charge in [0.2, 0.25) is 5.91 Å².